The van der Waals surface area contributed by atoms with Crippen molar-refractivity contribution in [2.24, 2.45) is 23.7 Å². The van der Waals surface area contributed by atoms with Gasteiger partial charge in [0.05, 0.1) is 31.7 Å². The highest BCUT2D eigenvalue weighted by Crippen LogP contribution is 2.53. The van der Waals surface area contributed by atoms with Crippen molar-refractivity contribution >= 4 is 23.4 Å². The van der Waals surface area contributed by atoms with Gasteiger partial charge < -0.3 is 14.8 Å². The number of methoxy groups -OCH3 is 2. The van der Waals surface area contributed by atoms with Gasteiger partial charge in [0.1, 0.15) is 17.5 Å². The van der Waals surface area contributed by atoms with E-state index >= 15 is 0 Å². The SMILES string of the molecule is COc1ccc(OC)c(NC(=O)[C@H](Cc2ccccc2)N2C(=O)[C@@H]3[C@H](C2=O)[C@H]2C=C[C@H]3C2)c1. The number of anilines is 1. The van der Waals surface area contributed by atoms with E-state index in [9.17, 15) is 14.4 Å². The highest BCUT2D eigenvalue weighted by atomic mass is 16.5. The van der Waals surface area contributed by atoms with E-state index in [4.69, 9.17) is 9.47 Å². The summed E-state index contributed by atoms with van der Waals surface area (Å²) in [7, 11) is 3.05. The van der Waals surface area contributed by atoms with Crippen LogP contribution in [0.2, 0.25) is 0 Å². The van der Waals surface area contributed by atoms with Gasteiger partial charge in [-0.05, 0) is 36.0 Å². The van der Waals surface area contributed by atoms with Crippen LogP contribution in [0.25, 0.3) is 0 Å². The molecule has 2 aliphatic carbocycles. The van der Waals surface area contributed by atoms with Gasteiger partial charge in [0, 0.05) is 12.5 Å². The number of imide groups is 1. The third-order valence-electron chi connectivity index (χ3n) is 7.06. The number of carbonyl (C=O) groups is 3. The summed E-state index contributed by atoms with van der Waals surface area (Å²) in [6.07, 6.45) is 5.18. The van der Waals surface area contributed by atoms with Crippen LogP contribution in [0, 0.1) is 23.7 Å². The zero-order chi connectivity index (χ0) is 23.1. The van der Waals surface area contributed by atoms with Crippen LogP contribution in [-0.4, -0.2) is 42.9 Å². The Hall–Kier alpha value is -3.61. The Labute approximate surface area is 192 Å². The minimum Gasteiger partial charge on any atom is -0.497 e. The van der Waals surface area contributed by atoms with Crippen molar-refractivity contribution in [1.29, 1.82) is 0 Å². The molecule has 1 saturated heterocycles. The first-order valence-electron chi connectivity index (χ1n) is 11.1. The minimum atomic E-state index is -0.965. The molecule has 1 heterocycles. The van der Waals surface area contributed by atoms with Crippen LogP contribution in [0.1, 0.15) is 12.0 Å². The quantitative estimate of drug-likeness (QED) is 0.522. The molecule has 0 aromatic heterocycles. The molecule has 33 heavy (non-hydrogen) atoms. The molecule has 2 bridgehead atoms. The van der Waals surface area contributed by atoms with Gasteiger partial charge in [-0.3, -0.25) is 19.3 Å². The average molecular weight is 447 g/mol. The molecule has 1 aliphatic heterocycles. The van der Waals surface area contributed by atoms with E-state index in [1.54, 1.807) is 18.2 Å². The van der Waals surface area contributed by atoms with E-state index in [-0.39, 0.29) is 41.9 Å². The molecule has 170 valence electrons. The first-order chi connectivity index (χ1) is 16.0. The van der Waals surface area contributed by atoms with E-state index in [1.807, 2.05) is 42.5 Å². The number of hydrogen-bond acceptors (Lipinski definition) is 5. The summed E-state index contributed by atoms with van der Waals surface area (Å²) in [4.78, 5) is 41.7. The molecule has 0 spiro atoms. The highest BCUT2D eigenvalue weighted by molar-refractivity contribution is 6.11. The summed E-state index contributed by atoms with van der Waals surface area (Å²) in [6.45, 7) is 0. The number of hydrogen-bond donors (Lipinski definition) is 1. The molecule has 5 rings (SSSR count). The van der Waals surface area contributed by atoms with Gasteiger partial charge in [-0.25, -0.2) is 0 Å². The van der Waals surface area contributed by atoms with Gasteiger partial charge in [-0.2, -0.15) is 0 Å². The topological polar surface area (TPSA) is 84.9 Å². The number of ether oxygens (including phenoxy) is 2. The molecule has 3 amide bonds. The Bertz CT molecular complexity index is 1100. The van der Waals surface area contributed by atoms with E-state index in [0.29, 0.717) is 17.2 Å². The van der Waals surface area contributed by atoms with Gasteiger partial charge >= 0.3 is 0 Å². The molecular weight excluding hydrogens is 420 g/mol. The molecule has 1 N–H and O–H groups in total. The van der Waals surface area contributed by atoms with Crippen molar-refractivity contribution < 1.29 is 23.9 Å². The lowest BCUT2D eigenvalue weighted by Crippen LogP contribution is -2.49. The summed E-state index contributed by atoms with van der Waals surface area (Å²) in [5, 5.41) is 2.87. The van der Waals surface area contributed by atoms with Gasteiger partial charge in [0.25, 0.3) is 0 Å². The molecule has 7 heteroatoms. The fraction of sp³-hybridized carbons (Fsp3) is 0.346. The molecule has 2 aromatic rings. The summed E-state index contributed by atoms with van der Waals surface area (Å²) in [6, 6.07) is 13.5. The van der Waals surface area contributed by atoms with Crippen molar-refractivity contribution in [3.8, 4) is 11.5 Å². The smallest absolute Gasteiger partial charge is 0.248 e. The Balaban J connectivity index is 1.47. The van der Waals surface area contributed by atoms with Gasteiger partial charge in [0.2, 0.25) is 17.7 Å². The lowest BCUT2D eigenvalue weighted by atomic mass is 9.85. The highest BCUT2D eigenvalue weighted by Gasteiger charge is 2.61. The Morgan fingerprint density at radius 3 is 2.27 bits per heavy atom. The maximum atomic E-state index is 13.6. The largest absolute Gasteiger partial charge is 0.497 e. The third kappa shape index (κ3) is 3.57. The molecule has 0 radical (unpaired) electrons. The number of fused-ring (bicyclic) bond motifs is 5. The molecule has 2 aromatic carbocycles. The van der Waals surface area contributed by atoms with E-state index in [2.05, 4.69) is 5.32 Å². The second-order valence-corrected chi connectivity index (χ2v) is 8.81. The lowest BCUT2D eigenvalue weighted by Gasteiger charge is -2.27. The van der Waals surface area contributed by atoms with Crippen LogP contribution < -0.4 is 14.8 Å². The number of amides is 3. The normalized spacial score (nSPS) is 25.8. The summed E-state index contributed by atoms with van der Waals surface area (Å²) >= 11 is 0. The molecule has 0 unspecified atom stereocenters. The number of benzene rings is 2. The van der Waals surface area contributed by atoms with Crippen molar-refractivity contribution in [2.75, 3.05) is 19.5 Å². The van der Waals surface area contributed by atoms with Crippen LogP contribution in [0.5, 0.6) is 11.5 Å². The number of nitrogens with one attached hydrogen (secondary N) is 1. The second kappa shape index (κ2) is 8.39. The molecular formula is C26H26N2O5. The van der Waals surface area contributed by atoms with Crippen LogP contribution in [-0.2, 0) is 20.8 Å². The van der Waals surface area contributed by atoms with Crippen molar-refractivity contribution in [3.63, 3.8) is 0 Å². The first-order valence-corrected chi connectivity index (χ1v) is 11.1. The maximum absolute atomic E-state index is 13.6. The fourth-order valence-corrected chi connectivity index (χ4v) is 5.50. The summed E-state index contributed by atoms with van der Waals surface area (Å²) in [5.41, 5.74) is 1.29. The van der Waals surface area contributed by atoms with E-state index < -0.39 is 11.9 Å². The fourth-order valence-electron chi connectivity index (χ4n) is 5.50. The molecule has 2 fully saturated rings. The minimum absolute atomic E-state index is 0.0837. The third-order valence-corrected chi connectivity index (χ3v) is 7.06. The zero-order valence-electron chi connectivity index (χ0n) is 18.6. The standard InChI is InChI=1S/C26H26N2O5/c1-32-18-10-11-21(33-2)19(14-18)27-24(29)20(12-15-6-4-3-5-7-15)28-25(30)22-16-8-9-17(13-16)23(22)26(28)31/h3-11,14,16-17,20,22-23H,12-13H2,1-2H3,(H,27,29)/t16-,17-,20-,22-,23+/m0/s1. The van der Waals surface area contributed by atoms with Crippen LogP contribution >= 0.6 is 0 Å². The number of nitrogens with zero attached hydrogens (tertiary/aromatic N) is 1. The predicted octanol–water partition coefficient (Wildman–Crippen LogP) is 3.06. The van der Waals surface area contributed by atoms with Crippen LogP contribution in [0.15, 0.2) is 60.7 Å². The van der Waals surface area contributed by atoms with E-state index in [0.717, 1.165) is 12.0 Å². The average Bonchev–Trinajstić information content (AvgIpc) is 3.52. The van der Waals surface area contributed by atoms with Crippen LogP contribution in [0.3, 0.4) is 0 Å². The lowest BCUT2D eigenvalue weighted by molar-refractivity contribution is -0.147. The predicted molar refractivity (Wildman–Crippen MR) is 122 cm³/mol. The van der Waals surface area contributed by atoms with Gasteiger partial charge in [-0.1, -0.05) is 42.5 Å². The first kappa shape index (κ1) is 21.2. The molecule has 5 atom stereocenters. The number of rotatable bonds is 7. The maximum Gasteiger partial charge on any atom is 0.248 e. The number of likely N-dealkylation sites (tertiary alicyclic amines) is 1. The number of allylic oxidation sites excluding steroid dienone is 2. The summed E-state index contributed by atoms with van der Waals surface area (Å²) < 4.78 is 10.7. The second-order valence-electron chi connectivity index (χ2n) is 8.81. The molecule has 7 nitrogen and oxygen atoms in total. The monoisotopic (exact) mass is 446 g/mol. The van der Waals surface area contributed by atoms with E-state index in [1.165, 1.54) is 19.1 Å². The van der Waals surface area contributed by atoms with Crippen molar-refractivity contribution in [2.45, 2.75) is 18.9 Å². The van der Waals surface area contributed by atoms with Gasteiger partial charge in [0.15, 0.2) is 0 Å². The van der Waals surface area contributed by atoms with Crippen molar-refractivity contribution in [3.05, 3.63) is 66.2 Å². The Kier molecular flexibility index (Phi) is 5.40. The van der Waals surface area contributed by atoms with Crippen molar-refractivity contribution in [1.82, 2.24) is 4.90 Å². The zero-order valence-corrected chi connectivity index (χ0v) is 18.6. The molecule has 1 saturated carbocycles. The number of carbonyl (C=O) groups excluding carboxylic acids is 3. The summed E-state index contributed by atoms with van der Waals surface area (Å²) in [5.74, 6) is -0.453. The Morgan fingerprint density at radius 1 is 1.00 bits per heavy atom. The van der Waals surface area contributed by atoms with Gasteiger partial charge in [-0.15, -0.1) is 0 Å². The molecule has 3 aliphatic rings. The Morgan fingerprint density at radius 2 is 1.67 bits per heavy atom. The van der Waals surface area contributed by atoms with Crippen LogP contribution in [0.4, 0.5) is 5.69 Å².